The Morgan fingerprint density at radius 3 is 3.09 bits per heavy atom. The number of carbonyl (C=O) groups excluding carboxylic acids is 1. The molecule has 1 aliphatic heterocycles. The van der Waals surface area contributed by atoms with Crippen LogP contribution in [0.4, 0.5) is 0 Å². The quantitative estimate of drug-likeness (QED) is 0.806. The van der Waals surface area contributed by atoms with Crippen molar-refractivity contribution in [3.63, 3.8) is 0 Å². The van der Waals surface area contributed by atoms with Crippen LogP contribution in [0.2, 0.25) is 0 Å². The number of aromatic nitrogens is 3. The molecule has 0 radical (unpaired) electrons. The van der Waals surface area contributed by atoms with Gasteiger partial charge in [-0.3, -0.25) is 4.79 Å². The van der Waals surface area contributed by atoms with Crippen LogP contribution in [0.5, 0.6) is 0 Å². The molecule has 6 nitrogen and oxygen atoms in total. The highest BCUT2D eigenvalue weighted by atomic mass is 16.5. The number of nitrogens with zero attached hydrogens (tertiary/aromatic N) is 3. The minimum absolute atomic E-state index is 0.136. The molecule has 0 unspecified atom stereocenters. The molecule has 0 saturated carbocycles. The van der Waals surface area contributed by atoms with E-state index in [0.717, 1.165) is 18.5 Å². The minimum Gasteiger partial charge on any atom is -0.358 e. The number of hydrogen-bond donors (Lipinski definition) is 1. The summed E-state index contributed by atoms with van der Waals surface area (Å²) in [5, 5.41) is 4.96. The molecule has 3 heterocycles. The number of aromatic amines is 1. The number of amides is 1. The molecule has 23 heavy (non-hydrogen) atoms. The van der Waals surface area contributed by atoms with E-state index >= 15 is 0 Å². The molecule has 1 N–H and O–H groups in total. The number of rotatable bonds is 3. The van der Waals surface area contributed by atoms with E-state index in [9.17, 15) is 4.79 Å². The molecule has 118 valence electrons. The smallest absolute Gasteiger partial charge is 0.227 e. The third kappa shape index (κ3) is 2.60. The fourth-order valence-electron chi connectivity index (χ4n) is 3.19. The average molecular weight is 310 g/mol. The first-order valence-corrected chi connectivity index (χ1v) is 7.86. The Kier molecular flexibility index (Phi) is 3.37. The number of aryl methyl sites for hydroxylation is 2. The summed E-state index contributed by atoms with van der Waals surface area (Å²) in [6.45, 7) is 3.19. The van der Waals surface area contributed by atoms with E-state index in [0.29, 0.717) is 31.1 Å². The van der Waals surface area contributed by atoms with Gasteiger partial charge in [-0.25, -0.2) is 0 Å². The molecular weight excluding hydrogens is 292 g/mol. The lowest BCUT2D eigenvalue weighted by molar-refractivity contribution is -0.132. The number of fused-ring (bicyclic) bond motifs is 3. The van der Waals surface area contributed by atoms with Gasteiger partial charge in [0, 0.05) is 54.5 Å². The van der Waals surface area contributed by atoms with Crippen molar-refractivity contribution in [2.24, 2.45) is 0 Å². The van der Waals surface area contributed by atoms with Crippen LogP contribution in [0.15, 0.2) is 28.8 Å². The lowest BCUT2D eigenvalue weighted by Crippen LogP contribution is -2.35. The summed E-state index contributed by atoms with van der Waals surface area (Å²) in [6, 6.07) is 8.26. The maximum Gasteiger partial charge on any atom is 0.227 e. The number of hydrogen-bond acceptors (Lipinski definition) is 4. The standard InChI is InChI=1S/C17H18N4O2/c1-11-18-16(23-20-11)6-7-17(22)21-9-8-15-13(10-21)12-4-2-3-5-14(12)19-15/h2-5,19H,6-10H2,1H3. The van der Waals surface area contributed by atoms with Gasteiger partial charge in [-0.15, -0.1) is 0 Å². The Bertz CT molecular complexity index is 864. The largest absolute Gasteiger partial charge is 0.358 e. The third-order valence-electron chi connectivity index (χ3n) is 4.36. The van der Waals surface area contributed by atoms with Crippen molar-refractivity contribution in [2.45, 2.75) is 32.7 Å². The van der Waals surface area contributed by atoms with Crippen LogP contribution < -0.4 is 0 Å². The van der Waals surface area contributed by atoms with Gasteiger partial charge >= 0.3 is 0 Å². The molecule has 0 saturated heterocycles. The van der Waals surface area contributed by atoms with Crippen LogP contribution in [-0.4, -0.2) is 32.5 Å². The molecule has 6 heteroatoms. The fraction of sp³-hybridized carbons (Fsp3) is 0.353. The summed E-state index contributed by atoms with van der Waals surface area (Å²) in [5.74, 6) is 1.27. The Morgan fingerprint density at radius 1 is 1.39 bits per heavy atom. The number of nitrogens with one attached hydrogen (secondary N) is 1. The lowest BCUT2D eigenvalue weighted by atomic mass is 10.0. The zero-order chi connectivity index (χ0) is 15.8. The first-order chi connectivity index (χ1) is 11.2. The number of para-hydroxylation sites is 1. The summed E-state index contributed by atoms with van der Waals surface area (Å²) in [4.78, 5) is 22.0. The van der Waals surface area contributed by atoms with Crippen molar-refractivity contribution in [3.05, 3.63) is 47.2 Å². The predicted octanol–water partition coefficient (Wildman–Crippen LogP) is 2.38. The highest BCUT2D eigenvalue weighted by Crippen LogP contribution is 2.27. The van der Waals surface area contributed by atoms with Crippen molar-refractivity contribution in [1.82, 2.24) is 20.0 Å². The molecular formula is C17H18N4O2. The summed E-state index contributed by atoms with van der Waals surface area (Å²) in [6.07, 6.45) is 1.77. The van der Waals surface area contributed by atoms with Gasteiger partial charge in [0.2, 0.25) is 11.8 Å². The van der Waals surface area contributed by atoms with E-state index in [4.69, 9.17) is 4.52 Å². The van der Waals surface area contributed by atoms with E-state index in [1.807, 2.05) is 17.0 Å². The summed E-state index contributed by atoms with van der Waals surface area (Å²) < 4.78 is 5.07. The van der Waals surface area contributed by atoms with E-state index < -0.39 is 0 Å². The Hall–Kier alpha value is -2.63. The van der Waals surface area contributed by atoms with Crippen LogP contribution in [0.3, 0.4) is 0 Å². The van der Waals surface area contributed by atoms with Crippen LogP contribution in [0, 0.1) is 6.92 Å². The molecule has 0 fully saturated rings. The van der Waals surface area contributed by atoms with E-state index in [2.05, 4.69) is 27.3 Å². The SMILES string of the molecule is Cc1noc(CCC(=O)N2CCc3[nH]c4ccccc4c3C2)n1. The molecule has 4 rings (SSSR count). The number of carbonyl (C=O) groups is 1. The monoisotopic (exact) mass is 310 g/mol. The van der Waals surface area contributed by atoms with Crippen LogP contribution >= 0.6 is 0 Å². The van der Waals surface area contributed by atoms with Crippen molar-refractivity contribution in [1.29, 1.82) is 0 Å². The fourth-order valence-corrected chi connectivity index (χ4v) is 3.19. The maximum absolute atomic E-state index is 12.5. The highest BCUT2D eigenvalue weighted by molar-refractivity contribution is 5.86. The van der Waals surface area contributed by atoms with Gasteiger partial charge in [-0.2, -0.15) is 4.98 Å². The second-order valence-electron chi connectivity index (χ2n) is 5.93. The van der Waals surface area contributed by atoms with Gasteiger partial charge in [0.25, 0.3) is 0 Å². The average Bonchev–Trinajstić information content (AvgIpc) is 3.15. The van der Waals surface area contributed by atoms with Crippen LogP contribution in [0.1, 0.15) is 29.4 Å². The minimum atomic E-state index is 0.136. The molecule has 2 aromatic heterocycles. The summed E-state index contributed by atoms with van der Waals surface area (Å²) >= 11 is 0. The summed E-state index contributed by atoms with van der Waals surface area (Å²) in [5.41, 5.74) is 3.64. The first kappa shape index (κ1) is 14.0. The van der Waals surface area contributed by atoms with E-state index in [1.54, 1.807) is 6.92 Å². The van der Waals surface area contributed by atoms with Gasteiger partial charge in [-0.1, -0.05) is 23.4 Å². The molecule has 3 aromatic rings. The van der Waals surface area contributed by atoms with E-state index in [-0.39, 0.29) is 5.91 Å². The van der Waals surface area contributed by atoms with Gasteiger partial charge in [0.15, 0.2) is 5.82 Å². The second kappa shape index (κ2) is 5.53. The molecule has 1 amide bonds. The van der Waals surface area contributed by atoms with Crippen molar-refractivity contribution < 1.29 is 9.32 Å². The van der Waals surface area contributed by atoms with Crippen LogP contribution in [0.25, 0.3) is 10.9 Å². The first-order valence-electron chi connectivity index (χ1n) is 7.86. The van der Waals surface area contributed by atoms with Gasteiger partial charge < -0.3 is 14.4 Å². The molecule has 0 aliphatic carbocycles. The molecule has 0 bridgehead atoms. The predicted molar refractivity (Wildman–Crippen MR) is 84.8 cm³/mol. The Balaban J connectivity index is 1.47. The van der Waals surface area contributed by atoms with Gasteiger partial charge in [0.1, 0.15) is 0 Å². The van der Waals surface area contributed by atoms with Gasteiger partial charge in [-0.05, 0) is 13.0 Å². The Morgan fingerprint density at radius 2 is 2.26 bits per heavy atom. The van der Waals surface area contributed by atoms with Gasteiger partial charge in [0.05, 0.1) is 0 Å². The maximum atomic E-state index is 12.5. The number of benzene rings is 1. The zero-order valence-electron chi connectivity index (χ0n) is 13.0. The van der Waals surface area contributed by atoms with Crippen LogP contribution in [-0.2, 0) is 24.2 Å². The normalized spacial score (nSPS) is 14.2. The second-order valence-corrected chi connectivity index (χ2v) is 5.93. The molecule has 1 aliphatic rings. The molecule has 0 spiro atoms. The highest BCUT2D eigenvalue weighted by Gasteiger charge is 2.24. The zero-order valence-corrected chi connectivity index (χ0v) is 13.0. The van der Waals surface area contributed by atoms with Crippen molar-refractivity contribution >= 4 is 16.8 Å². The Labute approximate surface area is 133 Å². The third-order valence-corrected chi connectivity index (χ3v) is 4.36. The lowest BCUT2D eigenvalue weighted by Gasteiger charge is -2.27. The molecule has 1 aromatic carbocycles. The topological polar surface area (TPSA) is 75.0 Å². The number of H-pyrrole nitrogens is 1. The van der Waals surface area contributed by atoms with Crippen molar-refractivity contribution in [2.75, 3.05) is 6.54 Å². The van der Waals surface area contributed by atoms with Crippen molar-refractivity contribution in [3.8, 4) is 0 Å². The summed E-state index contributed by atoms with van der Waals surface area (Å²) in [7, 11) is 0. The van der Waals surface area contributed by atoms with E-state index in [1.165, 1.54) is 16.6 Å². The molecule has 0 atom stereocenters.